The summed E-state index contributed by atoms with van der Waals surface area (Å²) in [5.74, 6) is -0.704. The van der Waals surface area contributed by atoms with Crippen molar-refractivity contribution in [2.24, 2.45) is 0 Å². The third-order valence-electron chi connectivity index (χ3n) is 6.41. The first kappa shape index (κ1) is 24.3. The van der Waals surface area contributed by atoms with E-state index in [2.05, 4.69) is 26.3 Å². The number of morpholine rings is 1. The number of carbonyl (C=O) groups is 1. The number of nitrogens with one attached hydrogen (secondary N) is 1. The van der Waals surface area contributed by atoms with Crippen molar-refractivity contribution in [3.05, 3.63) is 96.2 Å². The molecule has 4 heterocycles. The second-order valence-electron chi connectivity index (χ2n) is 9.02. The van der Waals surface area contributed by atoms with E-state index in [4.69, 9.17) is 9.72 Å². The molecule has 9 heteroatoms. The van der Waals surface area contributed by atoms with Gasteiger partial charge in [-0.3, -0.25) is 14.7 Å². The lowest BCUT2D eigenvalue weighted by Crippen LogP contribution is -2.35. The van der Waals surface area contributed by atoms with Crippen molar-refractivity contribution in [3.8, 4) is 21.7 Å². The number of anilines is 1. The molecule has 1 saturated heterocycles. The van der Waals surface area contributed by atoms with Crippen LogP contribution in [0.2, 0.25) is 0 Å². The quantitative estimate of drug-likeness (QED) is 0.309. The van der Waals surface area contributed by atoms with Crippen LogP contribution in [0.3, 0.4) is 0 Å². The Morgan fingerprint density at radius 3 is 2.63 bits per heavy atom. The maximum atomic E-state index is 14.3. The third-order valence-corrected chi connectivity index (χ3v) is 7.42. The molecule has 0 bridgehead atoms. The predicted molar refractivity (Wildman–Crippen MR) is 147 cm³/mol. The molecule has 0 unspecified atom stereocenters. The summed E-state index contributed by atoms with van der Waals surface area (Å²) < 4.78 is 19.7. The fourth-order valence-electron chi connectivity index (χ4n) is 4.46. The zero-order valence-corrected chi connectivity index (χ0v) is 21.2. The molecule has 0 spiro atoms. The lowest BCUT2D eigenvalue weighted by molar-refractivity contribution is 0.0341. The smallest absolute Gasteiger partial charge is 0.257 e. The summed E-state index contributed by atoms with van der Waals surface area (Å²) in [5, 5.41) is 3.75. The van der Waals surface area contributed by atoms with Crippen molar-refractivity contribution in [3.63, 3.8) is 0 Å². The van der Waals surface area contributed by atoms with Gasteiger partial charge in [-0.25, -0.2) is 14.4 Å². The molecule has 5 aromatic rings. The van der Waals surface area contributed by atoms with Crippen molar-refractivity contribution in [1.82, 2.24) is 19.9 Å². The zero-order valence-electron chi connectivity index (χ0n) is 20.4. The second kappa shape index (κ2) is 10.7. The van der Waals surface area contributed by atoms with Gasteiger partial charge in [0.2, 0.25) is 0 Å². The monoisotopic (exact) mass is 525 g/mol. The van der Waals surface area contributed by atoms with Crippen LogP contribution in [0, 0.1) is 5.82 Å². The number of nitrogens with zero attached hydrogens (tertiary/aromatic N) is 4. The Morgan fingerprint density at radius 1 is 1.00 bits per heavy atom. The van der Waals surface area contributed by atoms with Crippen molar-refractivity contribution >= 4 is 33.3 Å². The molecule has 1 amide bonds. The molecule has 2 aromatic carbocycles. The van der Waals surface area contributed by atoms with Gasteiger partial charge in [0, 0.05) is 54.9 Å². The molecule has 6 rings (SSSR count). The minimum atomic E-state index is -0.366. The summed E-state index contributed by atoms with van der Waals surface area (Å²) in [4.78, 5) is 30.0. The minimum absolute atomic E-state index is 0.333. The van der Waals surface area contributed by atoms with E-state index in [1.807, 2.05) is 30.5 Å². The molecule has 0 atom stereocenters. The van der Waals surface area contributed by atoms with Gasteiger partial charge in [-0.15, -0.1) is 0 Å². The van der Waals surface area contributed by atoms with Gasteiger partial charge in [-0.05, 0) is 35.9 Å². The Kier molecular flexibility index (Phi) is 6.87. The molecule has 38 heavy (non-hydrogen) atoms. The molecule has 1 N–H and O–H groups in total. The summed E-state index contributed by atoms with van der Waals surface area (Å²) >= 11 is 1.48. The summed E-state index contributed by atoms with van der Waals surface area (Å²) in [7, 11) is 0. The summed E-state index contributed by atoms with van der Waals surface area (Å²) in [6.07, 6.45) is 4.92. The predicted octanol–water partition coefficient (Wildman–Crippen LogP) is 5.64. The van der Waals surface area contributed by atoms with Crippen LogP contribution in [0.25, 0.3) is 32.0 Å². The van der Waals surface area contributed by atoms with Crippen molar-refractivity contribution in [2.45, 2.75) is 6.54 Å². The normalized spacial score (nSPS) is 14.0. The highest BCUT2D eigenvalue weighted by Gasteiger charge is 2.17. The van der Waals surface area contributed by atoms with Crippen LogP contribution < -0.4 is 5.32 Å². The lowest BCUT2D eigenvalue weighted by atomic mass is 10.1. The first-order chi connectivity index (χ1) is 18.6. The van der Waals surface area contributed by atoms with E-state index in [1.165, 1.54) is 23.6 Å². The number of pyridine rings is 2. The van der Waals surface area contributed by atoms with E-state index < -0.39 is 0 Å². The van der Waals surface area contributed by atoms with Gasteiger partial charge in [0.25, 0.3) is 5.91 Å². The van der Waals surface area contributed by atoms with Gasteiger partial charge in [-0.1, -0.05) is 41.7 Å². The third kappa shape index (κ3) is 5.17. The Morgan fingerprint density at radius 2 is 1.79 bits per heavy atom. The van der Waals surface area contributed by atoms with Crippen LogP contribution in [-0.4, -0.2) is 52.1 Å². The van der Waals surface area contributed by atoms with Crippen molar-refractivity contribution in [2.75, 3.05) is 31.6 Å². The molecule has 1 aliphatic rings. The van der Waals surface area contributed by atoms with Crippen LogP contribution in [0.4, 0.5) is 10.1 Å². The number of aromatic nitrogens is 3. The first-order valence-electron chi connectivity index (χ1n) is 12.3. The van der Waals surface area contributed by atoms with Gasteiger partial charge in [0.05, 0.1) is 24.5 Å². The number of ether oxygens (including phenoxy) is 1. The number of amides is 1. The van der Waals surface area contributed by atoms with Crippen LogP contribution in [-0.2, 0) is 11.3 Å². The van der Waals surface area contributed by atoms with Crippen LogP contribution in [0.15, 0.2) is 79.3 Å². The van der Waals surface area contributed by atoms with E-state index in [0.717, 1.165) is 59.3 Å². The second-order valence-corrected chi connectivity index (χ2v) is 9.99. The van der Waals surface area contributed by atoms with E-state index >= 15 is 0 Å². The Labute approximate surface area is 223 Å². The Balaban J connectivity index is 1.25. The highest BCUT2D eigenvalue weighted by atomic mass is 32.1. The Hall–Kier alpha value is -4.05. The molecule has 1 aliphatic heterocycles. The van der Waals surface area contributed by atoms with Crippen LogP contribution >= 0.6 is 11.3 Å². The number of para-hydroxylation sites is 1. The van der Waals surface area contributed by atoms with Gasteiger partial charge in [0.15, 0.2) is 0 Å². The minimum Gasteiger partial charge on any atom is -0.379 e. The number of fused-ring (bicyclic) bond motifs is 1. The summed E-state index contributed by atoms with van der Waals surface area (Å²) in [6.45, 7) is 4.13. The van der Waals surface area contributed by atoms with Crippen LogP contribution in [0.1, 0.15) is 15.9 Å². The largest absolute Gasteiger partial charge is 0.379 e. The number of hydrogen-bond donors (Lipinski definition) is 1. The number of carbonyl (C=O) groups excluding carboxylic acids is 1. The molecule has 0 aliphatic carbocycles. The standard InChI is InChI=1S/C29H24FN5O2S/c30-24-7-3-1-5-22(24)20-14-21(17-31-16-20)27(36)33-25-8-4-2-6-23(25)28-34-26-13-19(15-32-29(26)38-28)18-35-9-11-37-12-10-35/h1-8,13-17H,9-12,18H2,(H,33,36). The molecule has 3 aromatic heterocycles. The number of benzene rings is 2. The van der Waals surface area contributed by atoms with Gasteiger partial charge >= 0.3 is 0 Å². The molecular weight excluding hydrogens is 501 g/mol. The van der Waals surface area contributed by atoms with Crippen LogP contribution in [0.5, 0.6) is 0 Å². The van der Waals surface area contributed by atoms with Gasteiger partial charge < -0.3 is 10.1 Å². The highest BCUT2D eigenvalue weighted by Crippen LogP contribution is 2.34. The zero-order chi connectivity index (χ0) is 25.9. The van der Waals surface area contributed by atoms with Gasteiger partial charge in [-0.2, -0.15) is 0 Å². The van der Waals surface area contributed by atoms with Crippen molar-refractivity contribution in [1.29, 1.82) is 0 Å². The Bertz CT molecular complexity index is 1620. The van der Waals surface area contributed by atoms with Gasteiger partial charge in [0.1, 0.15) is 21.2 Å². The molecule has 1 fully saturated rings. The average Bonchev–Trinajstić information content (AvgIpc) is 3.37. The molecule has 7 nitrogen and oxygen atoms in total. The first-order valence-corrected chi connectivity index (χ1v) is 13.1. The fraction of sp³-hybridized carbons (Fsp3) is 0.172. The maximum absolute atomic E-state index is 14.3. The summed E-state index contributed by atoms with van der Waals surface area (Å²) in [5.41, 5.74) is 4.63. The average molecular weight is 526 g/mol. The topological polar surface area (TPSA) is 80.2 Å². The van der Waals surface area contributed by atoms with E-state index in [-0.39, 0.29) is 11.7 Å². The molecule has 0 saturated carbocycles. The number of rotatable bonds is 6. The SMILES string of the molecule is O=C(Nc1ccccc1-c1nc2cc(CN3CCOCC3)cnc2s1)c1cncc(-c2ccccc2F)c1. The maximum Gasteiger partial charge on any atom is 0.257 e. The van der Waals surface area contributed by atoms with E-state index in [0.29, 0.717) is 22.4 Å². The molecule has 190 valence electrons. The highest BCUT2D eigenvalue weighted by molar-refractivity contribution is 7.21. The molecular formula is C29H24FN5O2S. The molecule has 0 radical (unpaired) electrons. The lowest BCUT2D eigenvalue weighted by Gasteiger charge is -2.26. The van der Waals surface area contributed by atoms with E-state index in [9.17, 15) is 9.18 Å². The number of halogens is 1. The number of thiazole rings is 1. The fourth-order valence-corrected chi connectivity index (χ4v) is 5.39. The van der Waals surface area contributed by atoms with Crippen molar-refractivity contribution < 1.29 is 13.9 Å². The number of hydrogen-bond acceptors (Lipinski definition) is 7. The van der Waals surface area contributed by atoms with E-state index in [1.54, 1.807) is 30.5 Å². The summed E-state index contributed by atoms with van der Waals surface area (Å²) in [6, 6.07) is 17.7.